The van der Waals surface area contributed by atoms with Gasteiger partial charge in [0.1, 0.15) is 10.8 Å². The number of hydrogen-bond acceptors (Lipinski definition) is 3. The Morgan fingerprint density at radius 1 is 1.55 bits per heavy atom. The van der Waals surface area contributed by atoms with Crippen LogP contribution in [0.5, 0.6) is 5.75 Å². The van der Waals surface area contributed by atoms with Crippen molar-refractivity contribution in [3.05, 3.63) is 28.2 Å². The van der Waals surface area contributed by atoms with Crippen LogP contribution < -0.4 is 10.1 Å². The summed E-state index contributed by atoms with van der Waals surface area (Å²) in [6.45, 7) is 2.95. The third-order valence-electron chi connectivity index (χ3n) is 3.12. The highest BCUT2D eigenvalue weighted by atomic mass is 35.5. The molecule has 0 bridgehead atoms. The summed E-state index contributed by atoms with van der Waals surface area (Å²) in [7, 11) is 0. The van der Waals surface area contributed by atoms with Crippen molar-refractivity contribution in [2.75, 3.05) is 13.2 Å². The fraction of sp³-hybridized carbons (Fsp3) is 0.500. The third-order valence-corrected chi connectivity index (χ3v) is 3.92. The molecular formula is C14H17Cl2NO3. The Morgan fingerprint density at radius 2 is 2.35 bits per heavy atom. The molecule has 0 saturated carbocycles. The molecular weight excluding hydrogens is 301 g/mol. The molecule has 1 amide bonds. The van der Waals surface area contributed by atoms with E-state index in [4.69, 9.17) is 32.7 Å². The number of benzene rings is 1. The van der Waals surface area contributed by atoms with Gasteiger partial charge in [-0.25, -0.2) is 0 Å². The molecule has 20 heavy (non-hydrogen) atoms. The number of ether oxygens (including phenoxy) is 2. The van der Waals surface area contributed by atoms with Crippen molar-refractivity contribution in [1.82, 2.24) is 5.32 Å². The predicted octanol–water partition coefficient (Wildman–Crippen LogP) is 3.06. The minimum atomic E-state index is -0.646. The largest absolute Gasteiger partial charge is 0.479 e. The molecule has 1 aliphatic rings. The molecule has 1 aromatic carbocycles. The van der Waals surface area contributed by atoms with Crippen molar-refractivity contribution < 1.29 is 14.3 Å². The van der Waals surface area contributed by atoms with E-state index in [2.05, 4.69) is 5.32 Å². The maximum absolute atomic E-state index is 11.9. The normalized spacial score (nSPS) is 19.6. The van der Waals surface area contributed by atoms with Crippen molar-refractivity contribution in [2.24, 2.45) is 0 Å². The van der Waals surface area contributed by atoms with Gasteiger partial charge in [-0.3, -0.25) is 4.79 Å². The van der Waals surface area contributed by atoms with Crippen molar-refractivity contribution >= 4 is 29.1 Å². The maximum Gasteiger partial charge on any atom is 0.260 e. The lowest BCUT2D eigenvalue weighted by Crippen LogP contribution is -2.40. The van der Waals surface area contributed by atoms with Gasteiger partial charge in [0.05, 0.1) is 11.1 Å². The lowest BCUT2D eigenvalue weighted by molar-refractivity contribution is -0.127. The minimum Gasteiger partial charge on any atom is -0.479 e. The summed E-state index contributed by atoms with van der Waals surface area (Å²) in [5, 5.41) is 3.53. The minimum absolute atomic E-state index is 0.112. The first-order valence-electron chi connectivity index (χ1n) is 6.58. The molecule has 1 fully saturated rings. The van der Waals surface area contributed by atoms with Gasteiger partial charge < -0.3 is 14.8 Å². The molecule has 1 aromatic rings. The summed E-state index contributed by atoms with van der Waals surface area (Å²) < 4.78 is 11.0. The van der Waals surface area contributed by atoms with Crippen LogP contribution in [-0.2, 0) is 9.53 Å². The van der Waals surface area contributed by atoms with E-state index in [9.17, 15) is 4.79 Å². The highest BCUT2D eigenvalue weighted by Crippen LogP contribution is 2.32. The zero-order valence-corrected chi connectivity index (χ0v) is 12.7. The molecule has 1 aliphatic heterocycles. The molecule has 2 atom stereocenters. The Labute approximate surface area is 128 Å². The maximum atomic E-state index is 11.9. The van der Waals surface area contributed by atoms with E-state index in [0.29, 0.717) is 22.3 Å². The van der Waals surface area contributed by atoms with E-state index < -0.39 is 6.10 Å². The van der Waals surface area contributed by atoms with E-state index in [1.165, 1.54) is 0 Å². The van der Waals surface area contributed by atoms with Crippen molar-refractivity contribution in [3.8, 4) is 5.75 Å². The monoisotopic (exact) mass is 317 g/mol. The molecule has 1 heterocycles. The van der Waals surface area contributed by atoms with Crippen LogP contribution in [0.1, 0.15) is 19.8 Å². The number of carbonyl (C=O) groups excluding carboxylic acids is 1. The molecule has 6 heteroatoms. The Hall–Kier alpha value is -0.970. The molecule has 4 nitrogen and oxygen atoms in total. The molecule has 0 radical (unpaired) electrons. The van der Waals surface area contributed by atoms with E-state index in [-0.39, 0.29) is 12.0 Å². The van der Waals surface area contributed by atoms with Crippen LogP contribution in [0.25, 0.3) is 0 Å². The summed E-state index contributed by atoms with van der Waals surface area (Å²) in [5.41, 5.74) is 0. The Morgan fingerprint density at radius 3 is 3.05 bits per heavy atom. The highest BCUT2D eigenvalue weighted by molar-refractivity contribution is 6.42. The molecule has 0 aromatic heterocycles. The van der Waals surface area contributed by atoms with Crippen LogP contribution in [0.2, 0.25) is 10.0 Å². The Balaban J connectivity index is 1.85. The smallest absolute Gasteiger partial charge is 0.260 e. The molecule has 1 saturated heterocycles. The van der Waals surface area contributed by atoms with Crippen molar-refractivity contribution in [1.29, 1.82) is 0 Å². The lowest BCUT2D eigenvalue weighted by atomic mass is 10.2. The summed E-state index contributed by atoms with van der Waals surface area (Å²) in [4.78, 5) is 11.9. The van der Waals surface area contributed by atoms with Crippen LogP contribution in [0.15, 0.2) is 18.2 Å². The van der Waals surface area contributed by atoms with Gasteiger partial charge >= 0.3 is 0 Å². The van der Waals surface area contributed by atoms with Crippen LogP contribution >= 0.6 is 23.2 Å². The van der Waals surface area contributed by atoms with Gasteiger partial charge in [-0.15, -0.1) is 0 Å². The second-order valence-corrected chi connectivity index (χ2v) is 5.48. The fourth-order valence-electron chi connectivity index (χ4n) is 1.98. The topological polar surface area (TPSA) is 47.6 Å². The summed E-state index contributed by atoms with van der Waals surface area (Å²) in [5.74, 6) is 0.204. The van der Waals surface area contributed by atoms with E-state index in [1.54, 1.807) is 25.1 Å². The van der Waals surface area contributed by atoms with E-state index in [1.807, 2.05) is 0 Å². The first kappa shape index (κ1) is 15.4. The van der Waals surface area contributed by atoms with Crippen LogP contribution in [-0.4, -0.2) is 31.3 Å². The second-order valence-electron chi connectivity index (χ2n) is 4.69. The second kappa shape index (κ2) is 7.16. The number of carbonyl (C=O) groups is 1. The van der Waals surface area contributed by atoms with Crippen LogP contribution in [0, 0.1) is 0 Å². The van der Waals surface area contributed by atoms with Gasteiger partial charge in [0.15, 0.2) is 6.10 Å². The summed E-state index contributed by atoms with van der Waals surface area (Å²) in [6.07, 6.45) is 1.49. The van der Waals surface area contributed by atoms with Crippen molar-refractivity contribution in [3.63, 3.8) is 0 Å². The lowest BCUT2D eigenvalue weighted by Gasteiger charge is -2.17. The third kappa shape index (κ3) is 4.01. The first-order valence-corrected chi connectivity index (χ1v) is 7.33. The van der Waals surface area contributed by atoms with E-state index >= 15 is 0 Å². The first-order chi connectivity index (χ1) is 9.58. The van der Waals surface area contributed by atoms with Gasteiger partial charge in [0, 0.05) is 13.2 Å². The standard InChI is InChI=1S/C14H17Cl2NO3/c1-9(14(18)17-8-10-4-3-7-19-10)20-12-6-2-5-11(15)13(12)16/h2,5-6,9-10H,3-4,7-8H2,1H3,(H,17,18)/t9-,10+/m1/s1. The predicted molar refractivity (Wildman–Crippen MR) is 78.5 cm³/mol. The van der Waals surface area contributed by atoms with Crippen molar-refractivity contribution in [2.45, 2.75) is 32.0 Å². The zero-order valence-electron chi connectivity index (χ0n) is 11.2. The molecule has 110 valence electrons. The summed E-state index contributed by atoms with van der Waals surface area (Å²) >= 11 is 11.9. The molecule has 1 N–H and O–H groups in total. The number of halogens is 2. The number of rotatable bonds is 5. The highest BCUT2D eigenvalue weighted by Gasteiger charge is 2.20. The molecule has 0 aliphatic carbocycles. The van der Waals surface area contributed by atoms with E-state index in [0.717, 1.165) is 19.4 Å². The van der Waals surface area contributed by atoms with Crippen LogP contribution in [0.3, 0.4) is 0 Å². The summed E-state index contributed by atoms with van der Waals surface area (Å²) in [6, 6.07) is 5.07. The Bertz CT molecular complexity index is 475. The zero-order chi connectivity index (χ0) is 14.5. The van der Waals surface area contributed by atoms with Crippen LogP contribution in [0.4, 0.5) is 0 Å². The number of amides is 1. The van der Waals surface area contributed by atoms with Gasteiger partial charge in [-0.2, -0.15) is 0 Å². The van der Waals surface area contributed by atoms with Gasteiger partial charge in [-0.1, -0.05) is 29.3 Å². The average molecular weight is 318 g/mol. The molecule has 0 spiro atoms. The van der Waals surface area contributed by atoms with Gasteiger partial charge in [0.2, 0.25) is 0 Å². The SMILES string of the molecule is C[C@@H](Oc1cccc(Cl)c1Cl)C(=O)NC[C@@H]1CCCO1. The van der Waals surface area contributed by atoms with Gasteiger partial charge in [-0.05, 0) is 31.9 Å². The average Bonchev–Trinajstić information content (AvgIpc) is 2.94. The van der Waals surface area contributed by atoms with Gasteiger partial charge in [0.25, 0.3) is 5.91 Å². The quantitative estimate of drug-likeness (QED) is 0.908. The molecule has 0 unspecified atom stereocenters. The fourth-order valence-corrected chi connectivity index (χ4v) is 2.32. The molecule has 2 rings (SSSR count). The number of nitrogens with one attached hydrogen (secondary N) is 1. The number of hydrogen-bond donors (Lipinski definition) is 1. The Kier molecular flexibility index (Phi) is 5.52.